The minimum atomic E-state index is 0.277. The standard InChI is InChI=1S/C19H35NO/c1-3-11-20-18(16-7-6-15(2)13-16)17-8-12-21-19(14-17)9-4-5-10-19/h15-18,20H,3-14H2,1-2H3. The van der Waals surface area contributed by atoms with Crippen LogP contribution in [0.4, 0.5) is 0 Å². The Labute approximate surface area is 131 Å². The van der Waals surface area contributed by atoms with Crippen molar-refractivity contribution in [1.82, 2.24) is 5.32 Å². The van der Waals surface area contributed by atoms with E-state index in [2.05, 4.69) is 19.2 Å². The molecular formula is C19H35NO. The quantitative estimate of drug-likeness (QED) is 0.804. The van der Waals surface area contributed by atoms with Crippen molar-refractivity contribution in [3.8, 4) is 0 Å². The topological polar surface area (TPSA) is 21.3 Å². The molecule has 3 aliphatic rings. The zero-order valence-electron chi connectivity index (χ0n) is 14.2. The maximum Gasteiger partial charge on any atom is 0.0685 e. The van der Waals surface area contributed by atoms with Gasteiger partial charge in [0.25, 0.3) is 0 Å². The van der Waals surface area contributed by atoms with Gasteiger partial charge in [-0.3, -0.25) is 0 Å². The summed E-state index contributed by atoms with van der Waals surface area (Å²) in [6.45, 7) is 6.94. The van der Waals surface area contributed by atoms with Gasteiger partial charge in [-0.1, -0.05) is 33.1 Å². The summed E-state index contributed by atoms with van der Waals surface area (Å²) in [6, 6.07) is 0.760. The molecule has 4 atom stereocenters. The van der Waals surface area contributed by atoms with Crippen LogP contribution in [0.25, 0.3) is 0 Å². The van der Waals surface area contributed by atoms with E-state index in [1.54, 1.807) is 0 Å². The lowest BCUT2D eigenvalue weighted by Gasteiger charge is -2.43. The van der Waals surface area contributed by atoms with Crippen molar-refractivity contribution in [3.63, 3.8) is 0 Å². The molecule has 2 nitrogen and oxygen atoms in total. The fourth-order valence-corrected chi connectivity index (χ4v) is 5.35. The Bertz CT molecular complexity index is 324. The summed E-state index contributed by atoms with van der Waals surface area (Å²) in [5.41, 5.74) is 0.277. The summed E-state index contributed by atoms with van der Waals surface area (Å²) < 4.78 is 6.27. The Morgan fingerprint density at radius 2 is 1.95 bits per heavy atom. The molecule has 0 radical (unpaired) electrons. The molecule has 3 rings (SSSR count). The molecule has 122 valence electrons. The van der Waals surface area contributed by atoms with Crippen LogP contribution >= 0.6 is 0 Å². The van der Waals surface area contributed by atoms with Crippen LogP contribution < -0.4 is 5.32 Å². The molecule has 1 spiro atoms. The molecule has 0 amide bonds. The average Bonchev–Trinajstić information content (AvgIpc) is 3.10. The average molecular weight is 293 g/mol. The highest BCUT2D eigenvalue weighted by Crippen LogP contribution is 2.45. The third-order valence-electron chi connectivity index (χ3n) is 6.43. The first-order valence-electron chi connectivity index (χ1n) is 9.60. The van der Waals surface area contributed by atoms with E-state index in [1.807, 2.05) is 0 Å². The number of hydrogen-bond acceptors (Lipinski definition) is 2. The molecule has 0 aromatic carbocycles. The first kappa shape index (κ1) is 15.8. The summed E-state index contributed by atoms with van der Waals surface area (Å²) in [5, 5.41) is 3.95. The second-order valence-electron chi connectivity index (χ2n) is 8.15. The van der Waals surface area contributed by atoms with Crippen LogP contribution in [0.15, 0.2) is 0 Å². The zero-order valence-corrected chi connectivity index (χ0v) is 14.2. The lowest BCUT2D eigenvalue weighted by Crippen LogP contribution is -2.48. The Balaban J connectivity index is 1.66. The summed E-state index contributed by atoms with van der Waals surface area (Å²) in [7, 11) is 0. The first-order chi connectivity index (χ1) is 10.2. The molecule has 2 saturated carbocycles. The summed E-state index contributed by atoms with van der Waals surface area (Å²) in [5.74, 6) is 2.73. The molecule has 2 aliphatic carbocycles. The fraction of sp³-hybridized carbons (Fsp3) is 1.00. The second kappa shape index (κ2) is 7.00. The van der Waals surface area contributed by atoms with Gasteiger partial charge < -0.3 is 10.1 Å². The number of hydrogen-bond donors (Lipinski definition) is 1. The van der Waals surface area contributed by atoms with E-state index >= 15 is 0 Å². The van der Waals surface area contributed by atoms with Crippen molar-refractivity contribution in [2.75, 3.05) is 13.2 Å². The number of rotatable bonds is 5. The molecule has 4 unspecified atom stereocenters. The zero-order chi connectivity index (χ0) is 14.7. The van der Waals surface area contributed by atoms with Crippen molar-refractivity contribution in [3.05, 3.63) is 0 Å². The largest absolute Gasteiger partial charge is 0.375 e. The van der Waals surface area contributed by atoms with Crippen molar-refractivity contribution in [2.45, 2.75) is 89.7 Å². The highest BCUT2D eigenvalue weighted by Gasteiger charge is 2.44. The highest BCUT2D eigenvalue weighted by molar-refractivity contribution is 4.97. The molecule has 3 fully saturated rings. The second-order valence-corrected chi connectivity index (χ2v) is 8.15. The molecule has 1 heterocycles. The van der Waals surface area contributed by atoms with Crippen molar-refractivity contribution in [2.24, 2.45) is 17.8 Å². The minimum Gasteiger partial charge on any atom is -0.375 e. The van der Waals surface area contributed by atoms with Crippen LogP contribution in [0.2, 0.25) is 0 Å². The van der Waals surface area contributed by atoms with Gasteiger partial charge in [0, 0.05) is 12.6 Å². The molecule has 21 heavy (non-hydrogen) atoms. The van der Waals surface area contributed by atoms with Gasteiger partial charge in [0.1, 0.15) is 0 Å². The van der Waals surface area contributed by atoms with E-state index < -0.39 is 0 Å². The van der Waals surface area contributed by atoms with Gasteiger partial charge in [-0.15, -0.1) is 0 Å². The molecule has 1 aliphatic heterocycles. The van der Waals surface area contributed by atoms with Gasteiger partial charge >= 0.3 is 0 Å². The van der Waals surface area contributed by atoms with Gasteiger partial charge in [0.2, 0.25) is 0 Å². The predicted molar refractivity (Wildman–Crippen MR) is 88.5 cm³/mol. The van der Waals surface area contributed by atoms with Crippen molar-refractivity contribution >= 4 is 0 Å². The van der Waals surface area contributed by atoms with Gasteiger partial charge in [0.05, 0.1) is 5.60 Å². The Kier molecular flexibility index (Phi) is 5.27. The molecule has 1 N–H and O–H groups in total. The lowest BCUT2D eigenvalue weighted by molar-refractivity contribution is -0.101. The van der Waals surface area contributed by atoms with Gasteiger partial charge in [-0.05, 0) is 69.2 Å². The van der Waals surface area contributed by atoms with Crippen LogP contribution in [0.5, 0.6) is 0 Å². The third kappa shape index (κ3) is 3.64. The van der Waals surface area contributed by atoms with E-state index in [4.69, 9.17) is 4.74 Å². The summed E-state index contributed by atoms with van der Waals surface area (Å²) >= 11 is 0. The third-order valence-corrected chi connectivity index (χ3v) is 6.43. The highest BCUT2D eigenvalue weighted by atomic mass is 16.5. The van der Waals surface area contributed by atoms with Crippen molar-refractivity contribution < 1.29 is 4.74 Å². The lowest BCUT2D eigenvalue weighted by atomic mass is 9.76. The van der Waals surface area contributed by atoms with Crippen LogP contribution in [0.1, 0.15) is 78.1 Å². The molecule has 0 aromatic rings. The van der Waals surface area contributed by atoms with E-state index in [0.29, 0.717) is 0 Å². The maximum atomic E-state index is 6.27. The van der Waals surface area contributed by atoms with Crippen LogP contribution in [0, 0.1) is 17.8 Å². The summed E-state index contributed by atoms with van der Waals surface area (Å²) in [4.78, 5) is 0. The molecule has 0 bridgehead atoms. The Hall–Kier alpha value is -0.0800. The molecular weight excluding hydrogens is 258 g/mol. The summed E-state index contributed by atoms with van der Waals surface area (Å²) in [6.07, 6.45) is 13.7. The van der Waals surface area contributed by atoms with Gasteiger partial charge in [-0.25, -0.2) is 0 Å². The van der Waals surface area contributed by atoms with Gasteiger partial charge in [-0.2, -0.15) is 0 Å². The normalized spacial score (nSPS) is 37.1. The minimum absolute atomic E-state index is 0.277. The SMILES string of the molecule is CCCNC(C1CCC(C)C1)C1CCOC2(CCCC2)C1. The molecule has 1 saturated heterocycles. The van der Waals surface area contributed by atoms with E-state index in [1.165, 1.54) is 70.8 Å². The number of nitrogens with one attached hydrogen (secondary N) is 1. The first-order valence-corrected chi connectivity index (χ1v) is 9.60. The van der Waals surface area contributed by atoms with E-state index in [-0.39, 0.29) is 5.60 Å². The van der Waals surface area contributed by atoms with Crippen molar-refractivity contribution in [1.29, 1.82) is 0 Å². The van der Waals surface area contributed by atoms with Crippen LogP contribution in [0.3, 0.4) is 0 Å². The Morgan fingerprint density at radius 1 is 1.14 bits per heavy atom. The molecule has 2 heteroatoms. The molecule has 0 aromatic heterocycles. The van der Waals surface area contributed by atoms with Crippen LogP contribution in [-0.4, -0.2) is 24.8 Å². The number of ether oxygens (including phenoxy) is 1. The van der Waals surface area contributed by atoms with E-state index in [0.717, 1.165) is 30.4 Å². The van der Waals surface area contributed by atoms with Crippen LogP contribution in [-0.2, 0) is 4.74 Å². The monoisotopic (exact) mass is 293 g/mol. The Morgan fingerprint density at radius 3 is 2.62 bits per heavy atom. The van der Waals surface area contributed by atoms with Gasteiger partial charge in [0.15, 0.2) is 0 Å². The fourth-order valence-electron chi connectivity index (χ4n) is 5.35. The maximum absolute atomic E-state index is 6.27. The predicted octanol–water partition coefficient (Wildman–Crippen LogP) is 4.53. The smallest absolute Gasteiger partial charge is 0.0685 e. The van der Waals surface area contributed by atoms with E-state index in [9.17, 15) is 0 Å².